The van der Waals surface area contributed by atoms with Gasteiger partial charge in [0.05, 0.1) is 22.5 Å². The minimum Gasteiger partial charge on any atom is -0.406 e. The minimum absolute atomic E-state index is 0.330. The Morgan fingerprint density at radius 3 is 2.48 bits per heavy atom. The predicted octanol–water partition coefficient (Wildman–Crippen LogP) is 3.38. The Morgan fingerprint density at radius 2 is 1.95 bits per heavy atom. The molecule has 1 heterocycles. The molecule has 2 aromatic rings. The number of fused-ring (bicyclic) bond motifs is 1. The molecule has 0 atom stereocenters. The van der Waals surface area contributed by atoms with Crippen LogP contribution in [0.15, 0.2) is 18.2 Å². The highest BCUT2D eigenvalue weighted by Gasteiger charge is 2.31. The molecule has 21 heavy (non-hydrogen) atoms. The van der Waals surface area contributed by atoms with E-state index in [1.165, 1.54) is 18.2 Å². The van der Waals surface area contributed by atoms with Gasteiger partial charge in [0.2, 0.25) is 0 Å². The van der Waals surface area contributed by atoms with Crippen LogP contribution in [0.1, 0.15) is 11.3 Å². The number of nitrogens with zero attached hydrogens (tertiary/aromatic N) is 3. The van der Waals surface area contributed by atoms with Crippen LogP contribution in [-0.4, -0.2) is 25.4 Å². The van der Waals surface area contributed by atoms with Crippen molar-refractivity contribution in [3.05, 3.63) is 29.5 Å². The first-order chi connectivity index (χ1) is 9.73. The molecule has 0 bridgehead atoms. The number of benzene rings is 1. The van der Waals surface area contributed by atoms with Crippen LogP contribution in [0.2, 0.25) is 0 Å². The fourth-order valence-corrected chi connectivity index (χ4v) is 2.14. The van der Waals surface area contributed by atoms with E-state index in [1.807, 2.05) is 6.07 Å². The van der Waals surface area contributed by atoms with E-state index in [0.29, 0.717) is 27.8 Å². The molecule has 1 aromatic carbocycles. The van der Waals surface area contributed by atoms with Crippen LogP contribution in [0, 0.1) is 18.3 Å². The molecule has 2 rings (SSSR count). The first kappa shape index (κ1) is 14.9. The van der Waals surface area contributed by atoms with Crippen LogP contribution in [0.25, 0.3) is 10.9 Å². The van der Waals surface area contributed by atoms with E-state index in [4.69, 9.17) is 0 Å². The number of nitriles is 1. The average Bonchev–Trinajstić information content (AvgIpc) is 2.35. The molecule has 0 aliphatic rings. The van der Waals surface area contributed by atoms with Crippen LogP contribution in [-0.2, 0) is 0 Å². The molecule has 0 amide bonds. The van der Waals surface area contributed by atoms with Gasteiger partial charge in [-0.2, -0.15) is 5.26 Å². The van der Waals surface area contributed by atoms with Crippen LogP contribution in [0.3, 0.4) is 0 Å². The molecule has 7 heteroatoms. The Balaban J connectivity index is 2.73. The van der Waals surface area contributed by atoms with Crippen LogP contribution >= 0.6 is 0 Å². The molecule has 1 aromatic heterocycles. The van der Waals surface area contributed by atoms with Gasteiger partial charge in [0.25, 0.3) is 0 Å². The summed E-state index contributed by atoms with van der Waals surface area (Å²) in [6.45, 7) is 1.69. The van der Waals surface area contributed by atoms with Gasteiger partial charge in [-0.1, -0.05) is 0 Å². The summed E-state index contributed by atoms with van der Waals surface area (Å²) in [7, 11) is 3.43. The summed E-state index contributed by atoms with van der Waals surface area (Å²) in [5.74, 6) is -0.340. The molecule has 0 radical (unpaired) electrons. The number of hydrogen-bond acceptors (Lipinski definition) is 4. The number of pyridine rings is 1. The largest absolute Gasteiger partial charge is 0.573 e. The summed E-state index contributed by atoms with van der Waals surface area (Å²) in [6, 6.07) is 5.92. The lowest BCUT2D eigenvalue weighted by Crippen LogP contribution is -2.17. The molecular formula is C14H12F3N3O. The van der Waals surface area contributed by atoms with E-state index in [0.717, 1.165) is 0 Å². The highest BCUT2D eigenvalue weighted by Crippen LogP contribution is 2.34. The van der Waals surface area contributed by atoms with Crippen molar-refractivity contribution >= 4 is 16.6 Å². The Kier molecular flexibility index (Phi) is 3.64. The van der Waals surface area contributed by atoms with Crippen molar-refractivity contribution in [3.63, 3.8) is 0 Å². The monoisotopic (exact) mass is 295 g/mol. The third-order valence-electron chi connectivity index (χ3n) is 2.90. The standard InChI is InChI=1S/C14H12F3N3O/c1-8-11(7-18)13(20(2)3)10-6-9(21-14(15,16)17)4-5-12(10)19-8/h4-6H,1-3H3. The Morgan fingerprint density at radius 1 is 1.29 bits per heavy atom. The molecule has 0 unspecified atom stereocenters. The van der Waals surface area contributed by atoms with E-state index < -0.39 is 6.36 Å². The lowest BCUT2D eigenvalue weighted by Gasteiger charge is -2.19. The summed E-state index contributed by atoms with van der Waals surface area (Å²) in [6.07, 6.45) is -4.76. The number of aromatic nitrogens is 1. The Hall–Kier alpha value is -2.49. The number of anilines is 1. The molecule has 0 spiro atoms. The molecule has 4 nitrogen and oxygen atoms in total. The SMILES string of the molecule is Cc1nc2ccc(OC(F)(F)F)cc2c(N(C)C)c1C#N. The van der Waals surface area contributed by atoms with E-state index in [1.54, 1.807) is 25.9 Å². The van der Waals surface area contributed by atoms with Crippen molar-refractivity contribution in [2.24, 2.45) is 0 Å². The summed E-state index contributed by atoms with van der Waals surface area (Å²) in [5, 5.41) is 9.67. The zero-order chi connectivity index (χ0) is 15.8. The van der Waals surface area contributed by atoms with Crippen LogP contribution < -0.4 is 9.64 Å². The zero-order valence-electron chi connectivity index (χ0n) is 11.6. The van der Waals surface area contributed by atoms with E-state index in [2.05, 4.69) is 9.72 Å². The molecule has 0 fully saturated rings. The number of alkyl halides is 3. The molecule has 0 N–H and O–H groups in total. The van der Waals surface area contributed by atoms with Gasteiger partial charge in [0, 0.05) is 19.5 Å². The molecule has 0 saturated heterocycles. The molecule has 0 aliphatic carbocycles. The average molecular weight is 295 g/mol. The lowest BCUT2D eigenvalue weighted by atomic mass is 10.1. The predicted molar refractivity (Wildman–Crippen MR) is 72.2 cm³/mol. The van der Waals surface area contributed by atoms with Crippen LogP contribution in [0.4, 0.5) is 18.9 Å². The third kappa shape index (κ3) is 2.99. The van der Waals surface area contributed by atoms with Crippen molar-refractivity contribution < 1.29 is 17.9 Å². The maximum Gasteiger partial charge on any atom is 0.573 e. The second-order valence-corrected chi connectivity index (χ2v) is 4.65. The lowest BCUT2D eigenvalue weighted by molar-refractivity contribution is -0.274. The van der Waals surface area contributed by atoms with E-state index in [9.17, 15) is 18.4 Å². The third-order valence-corrected chi connectivity index (χ3v) is 2.90. The number of rotatable bonds is 2. The fourth-order valence-electron chi connectivity index (χ4n) is 2.14. The van der Waals surface area contributed by atoms with Gasteiger partial charge in [0.15, 0.2) is 0 Å². The van der Waals surface area contributed by atoms with Crippen molar-refractivity contribution in [3.8, 4) is 11.8 Å². The molecule has 0 saturated carbocycles. The number of aryl methyl sites for hydroxylation is 1. The van der Waals surface area contributed by atoms with Gasteiger partial charge in [-0.05, 0) is 25.1 Å². The zero-order valence-corrected chi connectivity index (χ0v) is 11.6. The second kappa shape index (κ2) is 5.13. The summed E-state index contributed by atoms with van der Waals surface area (Å²) < 4.78 is 40.8. The van der Waals surface area contributed by atoms with Crippen LogP contribution in [0.5, 0.6) is 5.75 Å². The van der Waals surface area contributed by atoms with Crippen molar-refractivity contribution in [2.75, 3.05) is 19.0 Å². The summed E-state index contributed by atoms with van der Waals surface area (Å²) >= 11 is 0. The van der Waals surface area contributed by atoms with Gasteiger partial charge in [-0.25, -0.2) is 0 Å². The normalized spacial score (nSPS) is 11.3. The van der Waals surface area contributed by atoms with Gasteiger partial charge in [-0.3, -0.25) is 4.98 Å². The number of hydrogen-bond donors (Lipinski definition) is 0. The maximum absolute atomic E-state index is 12.3. The first-order valence-corrected chi connectivity index (χ1v) is 6.00. The van der Waals surface area contributed by atoms with Crippen molar-refractivity contribution in [1.29, 1.82) is 5.26 Å². The second-order valence-electron chi connectivity index (χ2n) is 4.65. The van der Waals surface area contributed by atoms with Gasteiger partial charge < -0.3 is 9.64 Å². The minimum atomic E-state index is -4.76. The number of halogens is 3. The summed E-state index contributed by atoms with van der Waals surface area (Å²) in [4.78, 5) is 5.91. The number of ether oxygens (including phenoxy) is 1. The summed E-state index contributed by atoms with van der Waals surface area (Å²) in [5.41, 5.74) is 1.88. The smallest absolute Gasteiger partial charge is 0.406 e. The van der Waals surface area contributed by atoms with Gasteiger partial charge in [0.1, 0.15) is 11.8 Å². The van der Waals surface area contributed by atoms with Crippen molar-refractivity contribution in [1.82, 2.24) is 4.98 Å². The topological polar surface area (TPSA) is 49.1 Å². The fraction of sp³-hybridized carbons (Fsp3) is 0.286. The van der Waals surface area contributed by atoms with E-state index in [-0.39, 0.29) is 5.75 Å². The molecular weight excluding hydrogens is 283 g/mol. The highest BCUT2D eigenvalue weighted by molar-refractivity contribution is 5.95. The van der Waals surface area contributed by atoms with E-state index >= 15 is 0 Å². The van der Waals surface area contributed by atoms with Gasteiger partial charge >= 0.3 is 6.36 Å². The molecule has 110 valence electrons. The van der Waals surface area contributed by atoms with Gasteiger partial charge in [-0.15, -0.1) is 13.2 Å². The quantitative estimate of drug-likeness (QED) is 0.852. The first-order valence-electron chi connectivity index (χ1n) is 6.00. The van der Waals surface area contributed by atoms with Crippen molar-refractivity contribution in [2.45, 2.75) is 13.3 Å². The maximum atomic E-state index is 12.3. The Labute approximate surface area is 119 Å². The Bertz CT molecular complexity index is 733. The highest BCUT2D eigenvalue weighted by atomic mass is 19.4. The molecule has 0 aliphatic heterocycles.